The molecule has 0 saturated carbocycles. The zero-order valence-electron chi connectivity index (χ0n) is 20.6. The van der Waals surface area contributed by atoms with Crippen LogP contribution in [0.15, 0.2) is 60.7 Å². The van der Waals surface area contributed by atoms with Gasteiger partial charge in [-0.2, -0.15) is 0 Å². The minimum atomic E-state index is 0.625. The van der Waals surface area contributed by atoms with E-state index in [1.54, 1.807) is 0 Å². The minimum Gasteiger partial charge on any atom is -0.134 e. The average Bonchev–Trinajstić information content (AvgIpc) is 3.36. The maximum Gasteiger partial charge on any atom is 0.0542 e. The Balaban J connectivity index is 1.50. The molecule has 6 aromatic rings. The van der Waals surface area contributed by atoms with Gasteiger partial charge in [0.1, 0.15) is 0 Å². The summed E-state index contributed by atoms with van der Waals surface area (Å²) in [7, 11) is 0. The van der Waals surface area contributed by atoms with E-state index >= 15 is 0 Å². The molecular formula is C32H32S2. The number of hydrogen-bond acceptors (Lipinski definition) is 2. The van der Waals surface area contributed by atoms with E-state index < -0.39 is 0 Å². The van der Waals surface area contributed by atoms with Crippen LogP contribution < -0.4 is 0 Å². The lowest BCUT2D eigenvalue weighted by Crippen LogP contribution is -1.92. The van der Waals surface area contributed by atoms with Gasteiger partial charge in [-0.25, -0.2) is 0 Å². The fourth-order valence-electron chi connectivity index (χ4n) is 5.59. The molecule has 6 rings (SSSR count). The summed E-state index contributed by atoms with van der Waals surface area (Å²) in [6, 6.07) is 23.9. The molecule has 0 aliphatic rings. The van der Waals surface area contributed by atoms with E-state index in [1.165, 1.54) is 87.9 Å². The lowest BCUT2D eigenvalue weighted by atomic mass is 9.94. The van der Waals surface area contributed by atoms with Crippen LogP contribution in [-0.4, -0.2) is 0 Å². The van der Waals surface area contributed by atoms with Gasteiger partial charge in [-0.05, 0) is 81.6 Å². The predicted molar refractivity (Wildman–Crippen MR) is 156 cm³/mol. The van der Waals surface area contributed by atoms with Crippen LogP contribution in [0, 0.1) is 0 Å². The number of hydrogen-bond donors (Lipinski definition) is 0. The molecule has 0 N–H and O–H groups in total. The third-order valence-corrected chi connectivity index (χ3v) is 10.1. The minimum absolute atomic E-state index is 0.625. The van der Waals surface area contributed by atoms with Crippen molar-refractivity contribution in [3.63, 3.8) is 0 Å². The summed E-state index contributed by atoms with van der Waals surface area (Å²) in [6.07, 6.45) is 4.98. The smallest absolute Gasteiger partial charge is 0.0542 e. The summed E-state index contributed by atoms with van der Waals surface area (Å²) in [5.74, 6) is 1.25. The monoisotopic (exact) mass is 480 g/mol. The topological polar surface area (TPSA) is 0 Å². The molecule has 2 atom stereocenters. The van der Waals surface area contributed by atoms with Crippen molar-refractivity contribution in [1.29, 1.82) is 0 Å². The van der Waals surface area contributed by atoms with Crippen LogP contribution in [0.3, 0.4) is 0 Å². The first-order valence-electron chi connectivity index (χ1n) is 12.8. The first-order valence-corrected chi connectivity index (χ1v) is 14.4. The van der Waals surface area contributed by atoms with Crippen molar-refractivity contribution in [2.75, 3.05) is 0 Å². The molecule has 2 heteroatoms. The van der Waals surface area contributed by atoms with E-state index in [2.05, 4.69) is 88.4 Å². The van der Waals surface area contributed by atoms with Crippen LogP contribution in [0.25, 0.3) is 51.1 Å². The van der Waals surface area contributed by atoms with E-state index in [0.29, 0.717) is 11.8 Å². The van der Waals surface area contributed by atoms with E-state index in [4.69, 9.17) is 0 Å². The average molecular weight is 481 g/mol. The Bertz CT molecular complexity index is 1540. The Hall–Kier alpha value is -2.42. The number of rotatable bonds is 6. The molecule has 2 aromatic heterocycles. The van der Waals surface area contributed by atoms with Crippen LogP contribution in [0.1, 0.15) is 76.3 Å². The van der Waals surface area contributed by atoms with Gasteiger partial charge in [0, 0.05) is 20.2 Å². The van der Waals surface area contributed by atoms with Crippen LogP contribution >= 0.6 is 22.7 Å². The van der Waals surface area contributed by atoms with Crippen molar-refractivity contribution in [3.8, 4) is 0 Å². The highest BCUT2D eigenvalue weighted by Crippen LogP contribution is 2.46. The SMILES string of the molecule is CCCC(C)c1ccc2cc3c(cc2c1)sc1c2cc4ccc(C(C)CCC)cc4cc2sc31. The Morgan fingerprint density at radius 2 is 1.00 bits per heavy atom. The Morgan fingerprint density at radius 3 is 1.41 bits per heavy atom. The molecule has 0 fully saturated rings. The lowest BCUT2D eigenvalue weighted by molar-refractivity contribution is 0.665. The molecule has 0 saturated heterocycles. The molecule has 0 aliphatic heterocycles. The molecule has 34 heavy (non-hydrogen) atoms. The van der Waals surface area contributed by atoms with Gasteiger partial charge in [0.05, 0.1) is 9.40 Å². The molecular weight excluding hydrogens is 448 g/mol. The Morgan fingerprint density at radius 1 is 0.559 bits per heavy atom. The fraction of sp³-hybridized carbons (Fsp3) is 0.312. The van der Waals surface area contributed by atoms with Crippen molar-refractivity contribution in [2.24, 2.45) is 0 Å². The number of thiophene rings is 2. The van der Waals surface area contributed by atoms with Gasteiger partial charge in [-0.1, -0.05) is 76.9 Å². The molecule has 0 spiro atoms. The molecule has 172 valence electrons. The van der Waals surface area contributed by atoms with Gasteiger partial charge in [0.2, 0.25) is 0 Å². The number of benzene rings is 4. The summed E-state index contributed by atoms with van der Waals surface area (Å²) in [4.78, 5) is 0. The van der Waals surface area contributed by atoms with Crippen molar-refractivity contribution < 1.29 is 0 Å². The van der Waals surface area contributed by atoms with Gasteiger partial charge >= 0.3 is 0 Å². The summed E-state index contributed by atoms with van der Waals surface area (Å²) in [6.45, 7) is 9.26. The van der Waals surface area contributed by atoms with Crippen molar-refractivity contribution in [1.82, 2.24) is 0 Å². The molecule has 2 unspecified atom stereocenters. The van der Waals surface area contributed by atoms with Gasteiger partial charge in [0.25, 0.3) is 0 Å². The lowest BCUT2D eigenvalue weighted by Gasteiger charge is -2.11. The zero-order chi connectivity index (χ0) is 23.4. The Kier molecular flexibility index (Phi) is 5.62. The quantitative estimate of drug-likeness (QED) is 0.222. The van der Waals surface area contributed by atoms with Crippen molar-refractivity contribution in [3.05, 3.63) is 71.8 Å². The van der Waals surface area contributed by atoms with E-state index in [1.807, 2.05) is 22.7 Å². The summed E-state index contributed by atoms with van der Waals surface area (Å²) >= 11 is 3.94. The van der Waals surface area contributed by atoms with Gasteiger partial charge in [-0.3, -0.25) is 0 Å². The second-order valence-corrected chi connectivity index (χ2v) is 12.3. The third kappa shape index (κ3) is 3.63. The first kappa shape index (κ1) is 22.1. The van der Waals surface area contributed by atoms with E-state index in [0.717, 1.165) is 0 Å². The molecule has 0 bridgehead atoms. The van der Waals surface area contributed by atoms with Crippen LogP contribution in [0.5, 0.6) is 0 Å². The maximum absolute atomic E-state index is 2.43. The van der Waals surface area contributed by atoms with Crippen LogP contribution in [0.2, 0.25) is 0 Å². The standard InChI is InChI=1S/C32H32S2/c1-5-7-19(3)21-9-11-23-15-27-29(17-25(23)13-21)33-32-28-16-24-12-10-22(20(4)8-6-2)14-26(24)18-30(28)34-31(27)32/h9-20H,5-8H2,1-4H3. The maximum atomic E-state index is 2.43. The van der Waals surface area contributed by atoms with Crippen molar-refractivity contribution in [2.45, 2.75) is 65.2 Å². The first-order chi connectivity index (χ1) is 16.6. The molecule has 0 nitrogen and oxygen atoms in total. The molecule has 0 aliphatic carbocycles. The highest BCUT2D eigenvalue weighted by molar-refractivity contribution is 7.36. The summed E-state index contributed by atoms with van der Waals surface area (Å²) in [5.41, 5.74) is 2.94. The number of fused-ring (bicyclic) bond motifs is 7. The highest BCUT2D eigenvalue weighted by Gasteiger charge is 2.15. The second-order valence-electron chi connectivity index (χ2n) is 10.2. The second kappa shape index (κ2) is 8.66. The molecule has 0 amide bonds. The molecule has 0 radical (unpaired) electrons. The van der Waals surface area contributed by atoms with Crippen molar-refractivity contribution >= 4 is 73.8 Å². The molecule has 4 aromatic carbocycles. The largest absolute Gasteiger partial charge is 0.134 e. The zero-order valence-corrected chi connectivity index (χ0v) is 22.2. The van der Waals surface area contributed by atoms with Crippen LogP contribution in [0.4, 0.5) is 0 Å². The third-order valence-electron chi connectivity index (χ3n) is 7.63. The van der Waals surface area contributed by atoms with Gasteiger partial charge in [0.15, 0.2) is 0 Å². The fourth-order valence-corrected chi connectivity index (χ4v) is 8.29. The van der Waals surface area contributed by atoms with E-state index in [-0.39, 0.29) is 0 Å². The Labute approximate surface area is 210 Å². The normalized spacial score (nSPS) is 14.1. The van der Waals surface area contributed by atoms with E-state index in [9.17, 15) is 0 Å². The summed E-state index contributed by atoms with van der Waals surface area (Å²) < 4.78 is 5.74. The van der Waals surface area contributed by atoms with Gasteiger partial charge in [-0.15, -0.1) is 22.7 Å². The highest BCUT2D eigenvalue weighted by atomic mass is 32.1. The van der Waals surface area contributed by atoms with Gasteiger partial charge < -0.3 is 0 Å². The summed E-state index contributed by atoms with van der Waals surface area (Å²) in [5, 5.41) is 8.32. The predicted octanol–water partition coefficient (Wildman–Crippen LogP) is 11.4. The molecule has 2 heterocycles. The van der Waals surface area contributed by atoms with Crippen LogP contribution in [-0.2, 0) is 0 Å².